The van der Waals surface area contributed by atoms with Gasteiger partial charge in [-0.3, -0.25) is 4.79 Å². The smallest absolute Gasteiger partial charge is 0.251 e. The summed E-state index contributed by atoms with van der Waals surface area (Å²) in [6.45, 7) is 7.02. The molecule has 0 aliphatic carbocycles. The Morgan fingerprint density at radius 1 is 1.08 bits per heavy atom. The van der Waals surface area contributed by atoms with Gasteiger partial charge in [-0.15, -0.1) is 24.0 Å². The maximum Gasteiger partial charge on any atom is 0.251 e. The molecule has 38 heavy (non-hydrogen) atoms. The highest BCUT2D eigenvalue weighted by molar-refractivity contribution is 14.0. The van der Waals surface area contributed by atoms with Crippen LogP contribution in [0.3, 0.4) is 0 Å². The predicted molar refractivity (Wildman–Crippen MR) is 172 cm³/mol. The number of rotatable bonds is 5. The number of aryl methyl sites for hydroxylation is 1. The Balaban J connectivity index is 0.00000336. The molecule has 2 heterocycles. The van der Waals surface area contributed by atoms with E-state index in [2.05, 4.69) is 74.6 Å². The van der Waals surface area contributed by atoms with Crippen molar-refractivity contribution < 1.29 is 9.53 Å². The average Bonchev–Trinajstić information content (AvgIpc) is 3.10. The first-order valence-corrected chi connectivity index (χ1v) is 14.2. The number of anilines is 1. The molecule has 3 atom stereocenters. The summed E-state index contributed by atoms with van der Waals surface area (Å²) in [5.41, 5.74) is 13.7. The van der Waals surface area contributed by atoms with Crippen LogP contribution in [0.4, 0.5) is 5.69 Å². The van der Waals surface area contributed by atoms with Crippen LogP contribution < -0.4 is 15.8 Å². The predicted octanol–water partition coefficient (Wildman–Crippen LogP) is 7.49. The van der Waals surface area contributed by atoms with Crippen molar-refractivity contribution >= 4 is 53.4 Å². The van der Waals surface area contributed by atoms with Crippen LogP contribution in [-0.2, 0) is 11.2 Å². The van der Waals surface area contributed by atoms with Crippen molar-refractivity contribution in [3.8, 4) is 16.9 Å². The SMILES string of the molecule is Cc1ccc(-c2ccc3c(c2)C=C(C(=O)Nc2ccc(CC4SCCC(C)(N)C4C)cc2)CCO3)cc1.I. The van der Waals surface area contributed by atoms with Crippen LogP contribution >= 0.6 is 35.7 Å². The number of ether oxygens (including phenoxy) is 1. The molecule has 3 aromatic carbocycles. The summed E-state index contributed by atoms with van der Waals surface area (Å²) in [6, 6.07) is 22.9. The zero-order chi connectivity index (χ0) is 26.0. The second-order valence-corrected chi connectivity index (χ2v) is 12.0. The first-order valence-electron chi connectivity index (χ1n) is 13.1. The van der Waals surface area contributed by atoms with Gasteiger partial charge in [-0.2, -0.15) is 11.8 Å². The average molecular weight is 641 g/mol. The van der Waals surface area contributed by atoms with Gasteiger partial charge in [0.1, 0.15) is 5.75 Å². The van der Waals surface area contributed by atoms with E-state index in [9.17, 15) is 4.79 Å². The van der Waals surface area contributed by atoms with Crippen LogP contribution in [0.15, 0.2) is 72.3 Å². The van der Waals surface area contributed by atoms with Gasteiger partial charge in [-0.25, -0.2) is 0 Å². The summed E-state index contributed by atoms with van der Waals surface area (Å²) in [4.78, 5) is 13.2. The van der Waals surface area contributed by atoms with Gasteiger partial charge < -0.3 is 15.8 Å². The highest BCUT2D eigenvalue weighted by Crippen LogP contribution is 2.38. The highest BCUT2D eigenvalue weighted by Gasteiger charge is 2.36. The number of thioether (sulfide) groups is 1. The Morgan fingerprint density at radius 3 is 2.53 bits per heavy atom. The van der Waals surface area contributed by atoms with Gasteiger partial charge in [0.2, 0.25) is 0 Å². The Hall–Kier alpha value is -2.29. The van der Waals surface area contributed by atoms with Crippen molar-refractivity contribution in [2.45, 2.75) is 50.8 Å². The van der Waals surface area contributed by atoms with E-state index in [-0.39, 0.29) is 35.4 Å². The van der Waals surface area contributed by atoms with Crippen LogP contribution in [0.1, 0.15) is 43.4 Å². The fraction of sp³-hybridized carbons (Fsp3) is 0.344. The van der Waals surface area contributed by atoms with Gasteiger partial charge in [-0.1, -0.05) is 55.0 Å². The number of nitrogens with two attached hydrogens (primary N) is 1. The molecular formula is C32H37IN2O2S. The monoisotopic (exact) mass is 640 g/mol. The van der Waals surface area contributed by atoms with Gasteiger partial charge in [0.15, 0.2) is 0 Å². The first kappa shape index (κ1) is 28.7. The number of hydrogen-bond acceptors (Lipinski definition) is 4. The van der Waals surface area contributed by atoms with Crippen molar-refractivity contribution in [2.24, 2.45) is 11.7 Å². The molecule has 0 bridgehead atoms. The summed E-state index contributed by atoms with van der Waals surface area (Å²) in [5.74, 6) is 2.31. The van der Waals surface area contributed by atoms with Gasteiger partial charge in [0.05, 0.1) is 6.61 Å². The molecule has 5 rings (SSSR count). The van der Waals surface area contributed by atoms with Gasteiger partial charge >= 0.3 is 0 Å². The lowest BCUT2D eigenvalue weighted by Gasteiger charge is -2.41. The molecular weight excluding hydrogens is 603 g/mol. The normalized spacial score (nSPS) is 22.7. The summed E-state index contributed by atoms with van der Waals surface area (Å²) in [7, 11) is 0. The van der Waals surface area contributed by atoms with Crippen LogP contribution in [0, 0.1) is 12.8 Å². The minimum Gasteiger partial charge on any atom is -0.493 e. The van der Waals surface area contributed by atoms with Gasteiger partial charge in [0, 0.05) is 34.0 Å². The number of carbonyl (C=O) groups is 1. The quantitative estimate of drug-likeness (QED) is 0.284. The molecule has 1 amide bonds. The molecule has 2 aliphatic rings. The minimum atomic E-state index is -0.0977. The van der Waals surface area contributed by atoms with Crippen molar-refractivity contribution in [2.75, 3.05) is 17.7 Å². The minimum absolute atomic E-state index is 0. The maximum atomic E-state index is 13.2. The number of benzene rings is 3. The fourth-order valence-corrected chi connectivity index (χ4v) is 6.83. The number of amides is 1. The number of hydrogen-bond donors (Lipinski definition) is 2. The van der Waals surface area contributed by atoms with Gasteiger partial charge in [0.25, 0.3) is 5.91 Å². The van der Waals surface area contributed by atoms with E-state index in [0.717, 1.165) is 52.3 Å². The second kappa shape index (κ2) is 12.3. The van der Waals surface area contributed by atoms with E-state index in [1.54, 1.807) is 0 Å². The number of halogens is 1. The molecule has 4 nitrogen and oxygen atoms in total. The third-order valence-electron chi connectivity index (χ3n) is 7.86. The van der Waals surface area contributed by atoms with Crippen LogP contribution in [0.2, 0.25) is 0 Å². The molecule has 3 aromatic rings. The third kappa shape index (κ3) is 6.64. The highest BCUT2D eigenvalue weighted by atomic mass is 127. The first-order chi connectivity index (χ1) is 17.8. The Bertz CT molecular complexity index is 1300. The van der Waals surface area contributed by atoms with Crippen LogP contribution in [0.5, 0.6) is 5.75 Å². The summed E-state index contributed by atoms with van der Waals surface area (Å²) < 4.78 is 5.96. The molecule has 2 aliphatic heterocycles. The third-order valence-corrected chi connectivity index (χ3v) is 9.31. The van der Waals surface area contributed by atoms with Crippen LogP contribution in [0.25, 0.3) is 17.2 Å². The molecule has 1 saturated heterocycles. The van der Waals surface area contributed by atoms with Crippen molar-refractivity contribution in [3.05, 3.63) is 89.0 Å². The van der Waals surface area contributed by atoms with E-state index in [1.165, 1.54) is 11.1 Å². The Kier molecular flexibility index (Phi) is 9.27. The molecule has 1 fully saturated rings. The van der Waals surface area contributed by atoms with Crippen molar-refractivity contribution in [1.29, 1.82) is 0 Å². The number of fused-ring (bicyclic) bond motifs is 1. The van der Waals surface area contributed by atoms with E-state index in [4.69, 9.17) is 10.5 Å². The zero-order valence-corrected chi connectivity index (χ0v) is 25.5. The molecule has 0 radical (unpaired) electrons. The molecule has 0 spiro atoms. The summed E-state index contributed by atoms with van der Waals surface area (Å²) in [5, 5.41) is 3.61. The standard InChI is InChI=1S/C32H36N2O2S.HI/c1-21-4-8-24(9-5-21)25-10-13-29-27(19-25)20-26(14-16-36-29)31(35)34-28-11-6-23(7-12-28)18-30-22(2)32(3,33)15-17-37-30;/h4-13,19-20,22,30H,14-18,33H2,1-3H3,(H,34,35);1H. The molecule has 0 saturated carbocycles. The van der Waals surface area contributed by atoms with E-state index < -0.39 is 0 Å². The van der Waals surface area contributed by atoms with Crippen molar-refractivity contribution in [3.63, 3.8) is 0 Å². The second-order valence-electron chi connectivity index (χ2n) is 10.7. The lowest BCUT2D eigenvalue weighted by Crippen LogP contribution is -2.50. The molecule has 0 aromatic heterocycles. The largest absolute Gasteiger partial charge is 0.493 e. The fourth-order valence-electron chi connectivity index (χ4n) is 5.06. The summed E-state index contributed by atoms with van der Waals surface area (Å²) >= 11 is 2.03. The Morgan fingerprint density at radius 2 is 1.79 bits per heavy atom. The molecule has 3 N–H and O–H groups in total. The van der Waals surface area contributed by atoms with Gasteiger partial charge in [-0.05, 0) is 85.4 Å². The van der Waals surface area contributed by atoms with E-state index >= 15 is 0 Å². The lowest BCUT2D eigenvalue weighted by atomic mass is 9.81. The molecule has 6 heteroatoms. The lowest BCUT2D eigenvalue weighted by molar-refractivity contribution is -0.113. The molecule has 3 unspecified atom stereocenters. The maximum absolute atomic E-state index is 13.2. The zero-order valence-electron chi connectivity index (χ0n) is 22.3. The van der Waals surface area contributed by atoms with E-state index in [1.807, 2.05) is 36.0 Å². The number of carbonyl (C=O) groups excluding carboxylic acids is 1. The van der Waals surface area contributed by atoms with Crippen molar-refractivity contribution in [1.82, 2.24) is 0 Å². The topological polar surface area (TPSA) is 64.4 Å². The summed E-state index contributed by atoms with van der Waals surface area (Å²) in [6.07, 6.45) is 4.59. The van der Waals surface area contributed by atoms with Crippen LogP contribution in [-0.4, -0.2) is 29.1 Å². The van der Waals surface area contributed by atoms with E-state index in [0.29, 0.717) is 24.2 Å². The number of nitrogens with one attached hydrogen (secondary N) is 1. The Labute approximate surface area is 247 Å². The molecule has 200 valence electrons.